The van der Waals surface area contributed by atoms with E-state index in [2.05, 4.69) is 4.98 Å². The van der Waals surface area contributed by atoms with E-state index in [-0.39, 0.29) is 11.4 Å². The van der Waals surface area contributed by atoms with E-state index in [1.807, 2.05) is 0 Å². The molecule has 0 radical (unpaired) electrons. The molecule has 0 unspecified atom stereocenters. The molecule has 1 rings (SSSR count). The van der Waals surface area contributed by atoms with E-state index >= 15 is 0 Å². The molecule has 1 aromatic rings. The van der Waals surface area contributed by atoms with Gasteiger partial charge in [-0.15, -0.1) is 0 Å². The standard InChI is InChI=1S/C14H21NO5/c1-10-9-11(2)15-13(12(10)14(16)17)20-6-4-5-19-8-7-18-3/h9H,4-8H2,1-3H3,(H,16,17). The topological polar surface area (TPSA) is 77.9 Å². The van der Waals surface area contributed by atoms with E-state index in [1.165, 1.54) is 0 Å². The quantitative estimate of drug-likeness (QED) is 0.697. The number of rotatable bonds is 9. The number of carboxylic acids is 1. The van der Waals surface area contributed by atoms with Crippen molar-refractivity contribution in [2.24, 2.45) is 0 Å². The maximum absolute atomic E-state index is 11.2. The van der Waals surface area contributed by atoms with E-state index in [1.54, 1.807) is 27.0 Å². The highest BCUT2D eigenvalue weighted by Crippen LogP contribution is 2.21. The zero-order chi connectivity index (χ0) is 15.0. The number of pyridine rings is 1. The molecule has 1 aromatic heterocycles. The first-order valence-electron chi connectivity index (χ1n) is 6.47. The maximum atomic E-state index is 11.2. The lowest BCUT2D eigenvalue weighted by Gasteiger charge is -2.11. The minimum absolute atomic E-state index is 0.121. The van der Waals surface area contributed by atoms with Crippen LogP contribution in [0.25, 0.3) is 0 Å². The van der Waals surface area contributed by atoms with Gasteiger partial charge in [0, 0.05) is 25.8 Å². The van der Waals surface area contributed by atoms with Crippen molar-refractivity contribution in [3.63, 3.8) is 0 Å². The smallest absolute Gasteiger partial charge is 0.341 e. The first kappa shape index (κ1) is 16.4. The second-order valence-corrected chi connectivity index (χ2v) is 4.37. The Bertz CT molecular complexity index is 447. The summed E-state index contributed by atoms with van der Waals surface area (Å²) in [6, 6.07) is 1.73. The molecule has 0 saturated heterocycles. The molecule has 0 spiro atoms. The van der Waals surface area contributed by atoms with Crippen molar-refractivity contribution in [3.05, 3.63) is 22.9 Å². The fraction of sp³-hybridized carbons (Fsp3) is 0.571. The van der Waals surface area contributed by atoms with Gasteiger partial charge < -0.3 is 19.3 Å². The van der Waals surface area contributed by atoms with Gasteiger partial charge in [-0.2, -0.15) is 0 Å². The van der Waals surface area contributed by atoms with Gasteiger partial charge in [-0.3, -0.25) is 0 Å². The molecule has 0 saturated carbocycles. The van der Waals surface area contributed by atoms with E-state index in [0.717, 1.165) is 5.69 Å². The molecule has 1 heterocycles. The van der Waals surface area contributed by atoms with Crippen molar-refractivity contribution in [1.29, 1.82) is 0 Å². The van der Waals surface area contributed by atoms with Crippen molar-refractivity contribution in [2.45, 2.75) is 20.3 Å². The molecule has 0 aliphatic heterocycles. The van der Waals surface area contributed by atoms with Gasteiger partial charge >= 0.3 is 5.97 Å². The summed E-state index contributed by atoms with van der Waals surface area (Å²) in [5.41, 5.74) is 1.51. The second-order valence-electron chi connectivity index (χ2n) is 4.37. The number of aryl methyl sites for hydroxylation is 2. The Labute approximate surface area is 118 Å². The zero-order valence-corrected chi connectivity index (χ0v) is 12.1. The Kier molecular flexibility index (Phi) is 6.97. The molecule has 6 nitrogen and oxygen atoms in total. The highest BCUT2D eigenvalue weighted by molar-refractivity contribution is 5.91. The van der Waals surface area contributed by atoms with Gasteiger partial charge in [0.2, 0.25) is 5.88 Å². The number of ether oxygens (including phenoxy) is 3. The third-order valence-corrected chi connectivity index (χ3v) is 2.63. The van der Waals surface area contributed by atoms with Crippen LogP contribution in [0.3, 0.4) is 0 Å². The fourth-order valence-corrected chi connectivity index (χ4v) is 1.74. The largest absolute Gasteiger partial charge is 0.477 e. The summed E-state index contributed by atoms with van der Waals surface area (Å²) in [6.45, 7) is 5.54. The molecule has 0 aliphatic carbocycles. The average molecular weight is 283 g/mol. The third kappa shape index (κ3) is 5.14. The normalized spacial score (nSPS) is 10.6. The van der Waals surface area contributed by atoms with Crippen LogP contribution in [0, 0.1) is 13.8 Å². The molecular weight excluding hydrogens is 262 g/mol. The third-order valence-electron chi connectivity index (χ3n) is 2.63. The van der Waals surface area contributed by atoms with Gasteiger partial charge in [0.15, 0.2) is 0 Å². The Hall–Kier alpha value is -1.66. The molecule has 112 valence electrons. The minimum Gasteiger partial charge on any atom is -0.477 e. The predicted octanol–water partition coefficient (Wildman–Crippen LogP) is 1.83. The Morgan fingerprint density at radius 2 is 2.00 bits per heavy atom. The number of carboxylic acid groups (broad SMARTS) is 1. The lowest BCUT2D eigenvalue weighted by molar-refractivity contribution is 0.0634. The van der Waals surface area contributed by atoms with Gasteiger partial charge in [0.1, 0.15) is 5.56 Å². The molecule has 0 fully saturated rings. The molecule has 0 amide bonds. The van der Waals surface area contributed by atoms with Crippen LogP contribution in [0.1, 0.15) is 28.0 Å². The Balaban J connectivity index is 2.49. The van der Waals surface area contributed by atoms with Gasteiger partial charge in [-0.05, 0) is 25.5 Å². The van der Waals surface area contributed by atoms with Crippen LogP contribution in [-0.2, 0) is 9.47 Å². The Morgan fingerprint density at radius 3 is 2.65 bits per heavy atom. The zero-order valence-electron chi connectivity index (χ0n) is 12.1. The molecule has 20 heavy (non-hydrogen) atoms. The van der Waals surface area contributed by atoms with Crippen molar-refractivity contribution < 1.29 is 24.1 Å². The summed E-state index contributed by atoms with van der Waals surface area (Å²) in [5.74, 6) is -0.853. The maximum Gasteiger partial charge on any atom is 0.341 e. The summed E-state index contributed by atoms with van der Waals surface area (Å²) in [7, 11) is 1.62. The van der Waals surface area contributed by atoms with Crippen molar-refractivity contribution >= 4 is 5.97 Å². The van der Waals surface area contributed by atoms with Crippen LogP contribution in [-0.4, -0.2) is 49.6 Å². The summed E-state index contributed by atoms with van der Waals surface area (Å²) in [5, 5.41) is 9.18. The lowest BCUT2D eigenvalue weighted by atomic mass is 10.1. The molecular formula is C14H21NO5. The fourth-order valence-electron chi connectivity index (χ4n) is 1.74. The van der Waals surface area contributed by atoms with Gasteiger partial charge in [-0.1, -0.05) is 0 Å². The SMILES string of the molecule is COCCOCCCOc1nc(C)cc(C)c1C(=O)O. The number of hydrogen-bond acceptors (Lipinski definition) is 5. The molecule has 0 atom stereocenters. The highest BCUT2D eigenvalue weighted by Gasteiger charge is 2.16. The number of carbonyl (C=O) groups is 1. The second kappa shape index (κ2) is 8.50. The van der Waals surface area contributed by atoms with Gasteiger partial charge in [-0.25, -0.2) is 9.78 Å². The van der Waals surface area contributed by atoms with Crippen molar-refractivity contribution in [1.82, 2.24) is 4.98 Å². The average Bonchev–Trinajstić information content (AvgIpc) is 2.36. The van der Waals surface area contributed by atoms with Crippen LogP contribution >= 0.6 is 0 Å². The van der Waals surface area contributed by atoms with Crippen LogP contribution in [0.15, 0.2) is 6.07 Å². The predicted molar refractivity (Wildman–Crippen MR) is 73.5 cm³/mol. The monoisotopic (exact) mass is 283 g/mol. The molecule has 0 aliphatic rings. The molecule has 0 aromatic carbocycles. The van der Waals surface area contributed by atoms with Gasteiger partial charge in [0.25, 0.3) is 0 Å². The number of nitrogens with zero attached hydrogens (tertiary/aromatic N) is 1. The molecule has 0 bridgehead atoms. The summed E-state index contributed by atoms with van der Waals surface area (Å²) >= 11 is 0. The van der Waals surface area contributed by atoms with Crippen LogP contribution in [0.2, 0.25) is 0 Å². The van der Waals surface area contributed by atoms with Crippen LogP contribution < -0.4 is 4.74 Å². The lowest BCUT2D eigenvalue weighted by Crippen LogP contribution is -2.11. The highest BCUT2D eigenvalue weighted by atomic mass is 16.5. The first-order chi connectivity index (χ1) is 9.56. The van der Waals surface area contributed by atoms with E-state index in [9.17, 15) is 9.90 Å². The number of aromatic nitrogens is 1. The summed E-state index contributed by atoms with van der Waals surface area (Å²) < 4.78 is 15.6. The van der Waals surface area contributed by atoms with Crippen molar-refractivity contribution in [2.75, 3.05) is 33.5 Å². The molecule has 1 N–H and O–H groups in total. The van der Waals surface area contributed by atoms with Crippen LogP contribution in [0.4, 0.5) is 0 Å². The summed E-state index contributed by atoms with van der Waals surface area (Å²) in [4.78, 5) is 15.3. The summed E-state index contributed by atoms with van der Waals surface area (Å²) in [6.07, 6.45) is 0.664. The number of methoxy groups -OCH3 is 1. The van der Waals surface area contributed by atoms with E-state index in [0.29, 0.717) is 38.4 Å². The van der Waals surface area contributed by atoms with Crippen molar-refractivity contribution in [3.8, 4) is 5.88 Å². The number of hydrogen-bond donors (Lipinski definition) is 1. The Morgan fingerprint density at radius 1 is 1.25 bits per heavy atom. The van der Waals surface area contributed by atoms with E-state index < -0.39 is 5.97 Å². The van der Waals surface area contributed by atoms with Gasteiger partial charge in [0.05, 0.1) is 19.8 Å². The number of aromatic carboxylic acids is 1. The minimum atomic E-state index is -1.03. The molecule has 6 heteroatoms. The van der Waals surface area contributed by atoms with E-state index in [4.69, 9.17) is 14.2 Å². The first-order valence-corrected chi connectivity index (χ1v) is 6.47. The van der Waals surface area contributed by atoms with Crippen LogP contribution in [0.5, 0.6) is 5.88 Å².